The lowest BCUT2D eigenvalue weighted by Crippen LogP contribution is -2.30. The number of rotatable bonds is 2. The molecule has 0 aliphatic carbocycles. The van der Waals surface area contributed by atoms with Crippen LogP contribution in [0.2, 0.25) is 0 Å². The Kier molecular flexibility index (Phi) is 3.93. The standard InChI is InChI=1S/C16H19N3O2/c1-16(2,3)11-7-5-6-8-13(11)19(4)15(21)12-9-10-14(20)18-17-12/h5-10H,1-4H3,(H,18,20). The molecule has 0 bridgehead atoms. The van der Waals surface area contributed by atoms with Gasteiger partial charge in [-0.2, -0.15) is 5.10 Å². The van der Waals surface area contributed by atoms with E-state index >= 15 is 0 Å². The second-order valence-corrected chi connectivity index (χ2v) is 5.94. The van der Waals surface area contributed by atoms with Crippen molar-refractivity contribution in [2.24, 2.45) is 0 Å². The first-order chi connectivity index (χ1) is 9.80. The van der Waals surface area contributed by atoms with Crippen molar-refractivity contribution in [1.82, 2.24) is 10.2 Å². The summed E-state index contributed by atoms with van der Waals surface area (Å²) in [5.41, 5.74) is 1.71. The van der Waals surface area contributed by atoms with Crippen LogP contribution >= 0.6 is 0 Å². The van der Waals surface area contributed by atoms with Gasteiger partial charge in [0.25, 0.3) is 11.5 Å². The molecule has 0 radical (unpaired) electrons. The minimum Gasteiger partial charge on any atom is -0.310 e. The summed E-state index contributed by atoms with van der Waals surface area (Å²) in [7, 11) is 1.71. The molecule has 2 aromatic rings. The molecule has 0 aliphatic rings. The third-order valence-corrected chi connectivity index (χ3v) is 3.28. The van der Waals surface area contributed by atoms with Crippen LogP contribution in [0.1, 0.15) is 36.8 Å². The van der Waals surface area contributed by atoms with E-state index < -0.39 is 0 Å². The summed E-state index contributed by atoms with van der Waals surface area (Å²) >= 11 is 0. The highest BCUT2D eigenvalue weighted by Crippen LogP contribution is 2.31. The number of amides is 1. The van der Waals surface area contributed by atoms with E-state index in [1.165, 1.54) is 12.1 Å². The monoisotopic (exact) mass is 285 g/mol. The van der Waals surface area contributed by atoms with Gasteiger partial charge in [0.2, 0.25) is 0 Å². The molecule has 1 aromatic carbocycles. The number of aromatic amines is 1. The van der Waals surface area contributed by atoms with Crippen molar-refractivity contribution in [3.8, 4) is 0 Å². The third kappa shape index (κ3) is 3.18. The molecular weight excluding hydrogens is 266 g/mol. The SMILES string of the molecule is CN(C(=O)c1ccc(=O)[nH]n1)c1ccccc1C(C)(C)C. The van der Waals surface area contributed by atoms with Crippen LogP contribution in [0.25, 0.3) is 0 Å². The van der Waals surface area contributed by atoms with E-state index in [1.807, 2.05) is 24.3 Å². The molecule has 2 rings (SSSR count). The quantitative estimate of drug-likeness (QED) is 0.921. The summed E-state index contributed by atoms with van der Waals surface area (Å²) in [5.74, 6) is -0.261. The number of nitrogens with one attached hydrogen (secondary N) is 1. The number of anilines is 1. The number of hydrogen-bond donors (Lipinski definition) is 1. The molecule has 0 aliphatic heterocycles. The van der Waals surface area contributed by atoms with Gasteiger partial charge < -0.3 is 4.90 Å². The predicted molar refractivity (Wildman–Crippen MR) is 82.7 cm³/mol. The van der Waals surface area contributed by atoms with Crippen LogP contribution in [0.3, 0.4) is 0 Å². The Morgan fingerprint density at radius 1 is 1.14 bits per heavy atom. The first kappa shape index (κ1) is 15.0. The summed E-state index contributed by atoms with van der Waals surface area (Å²) in [6.45, 7) is 6.30. The van der Waals surface area contributed by atoms with Crippen LogP contribution < -0.4 is 10.5 Å². The molecule has 0 saturated heterocycles. The van der Waals surface area contributed by atoms with E-state index in [-0.39, 0.29) is 22.6 Å². The van der Waals surface area contributed by atoms with Crippen molar-refractivity contribution >= 4 is 11.6 Å². The zero-order valence-electron chi connectivity index (χ0n) is 12.7. The second-order valence-electron chi connectivity index (χ2n) is 5.94. The molecule has 110 valence electrons. The van der Waals surface area contributed by atoms with Gasteiger partial charge in [-0.15, -0.1) is 0 Å². The summed E-state index contributed by atoms with van der Waals surface area (Å²) in [5, 5.41) is 6.07. The number of carbonyl (C=O) groups is 1. The average molecular weight is 285 g/mol. The Balaban J connectivity index is 2.41. The highest BCUT2D eigenvalue weighted by molar-refractivity contribution is 6.04. The van der Waals surface area contributed by atoms with Crippen molar-refractivity contribution in [1.29, 1.82) is 0 Å². The first-order valence-corrected chi connectivity index (χ1v) is 6.74. The normalized spacial score (nSPS) is 11.2. The van der Waals surface area contributed by atoms with Crippen molar-refractivity contribution in [2.45, 2.75) is 26.2 Å². The largest absolute Gasteiger partial charge is 0.310 e. The summed E-state index contributed by atoms with van der Waals surface area (Å²) < 4.78 is 0. The summed E-state index contributed by atoms with van der Waals surface area (Å²) in [4.78, 5) is 25.1. The molecule has 1 heterocycles. The lowest BCUT2D eigenvalue weighted by molar-refractivity contribution is 0.0987. The number of nitrogens with zero attached hydrogens (tertiary/aromatic N) is 2. The maximum absolute atomic E-state index is 12.5. The molecule has 1 amide bonds. The highest BCUT2D eigenvalue weighted by atomic mass is 16.2. The van der Waals surface area contributed by atoms with Gasteiger partial charge in [0.15, 0.2) is 0 Å². The van der Waals surface area contributed by atoms with E-state index in [1.54, 1.807) is 11.9 Å². The number of carbonyl (C=O) groups excluding carboxylic acids is 1. The van der Waals surface area contributed by atoms with Gasteiger partial charge in [-0.3, -0.25) is 9.59 Å². The van der Waals surface area contributed by atoms with E-state index in [2.05, 4.69) is 31.0 Å². The van der Waals surface area contributed by atoms with Crippen LogP contribution in [0, 0.1) is 0 Å². The second kappa shape index (κ2) is 5.52. The summed E-state index contributed by atoms with van der Waals surface area (Å²) in [6, 6.07) is 10.5. The molecule has 21 heavy (non-hydrogen) atoms. The van der Waals surface area contributed by atoms with Gasteiger partial charge in [-0.05, 0) is 23.1 Å². The Morgan fingerprint density at radius 2 is 1.81 bits per heavy atom. The fraction of sp³-hybridized carbons (Fsp3) is 0.312. The van der Waals surface area contributed by atoms with Crippen molar-refractivity contribution in [2.75, 3.05) is 11.9 Å². The average Bonchev–Trinajstić information content (AvgIpc) is 2.45. The molecule has 0 atom stereocenters. The minimum atomic E-state index is -0.329. The van der Waals surface area contributed by atoms with Crippen LogP contribution in [0.5, 0.6) is 0 Å². The Labute approximate surface area is 123 Å². The number of para-hydroxylation sites is 1. The van der Waals surface area contributed by atoms with Crippen LogP contribution in [-0.2, 0) is 5.41 Å². The van der Waals surface area contributed by atoms with E-state index in [0.29, 0.717) is 0 Å². The van der Waals surface area contributed by atoms with Gasteiger partial charge in [-0.1, -0.05) is 39.0 Å². The lowest BCUT2D eigenvalue weighted by Gasteiger charge is -2.27. The van der Waals surface area contributed by atoms with Crippen LogP contribution in [0.4, 0.5) is 5.69 Å². The number of hydrogen-bond acceptors (Lipinski definition) is 3. The van der Waals surface area contributed by atoms with Crippen LogP contribution in [0.15, 0.2) is 41.2 Å². The fourth-order valence-electron chi connectivity index (χ4n) is 2.15. The van der Waals surface area contributed by atoms with Gasteiger partial charge in [0, 0.05) is 18.8 Å². The molecule has 1 N–H and O–H groups in total. The number of aromatic nitrogens is 2. The van der Waals surface area contributed by atoms with Gasteiger partial charge in [-0.25, -0.2) is 5.10 Å². The lowest BCUT2D eigenvalue weighted by atomic mass is 9.85. The fourth-order valence-corrected chi connectivity index (χ4v) is 2.15. The Hall–Kier alpha value is -2.43. The molecule has 5 nitrogen and oxygen atoms in total. The maximum Gasteiger partial charge on any atom is 0.278 e. The van der Waals surface area contributed by atoms with E-state index in [4.69, 9.17) is 0 Å². The smallest absolute Gasteiger partial charge is 0.278 e. The van der Waals surface area contributed by atoms with Crippen molar-refractivity contribution in [3.05, 3.63) is 58.0 Å². The summed E-state index contributed by atoms with van der Waals surface area (Å²) in [6.07, 6.45) is 0. The molecule has 1 aromatic heterocycles. The Bertz CT molecular complexity index is 693. The maximum atomic E-state index is 12.5. The predicted octanol–water partition coefficient (Wildman–Crippen LogP) is 2.34. The number of H-pyrrole nitrogens is 1. The zero-order valence-corrected chi connectivity index (χ0v) is 12.7. The van der Waals surface area contributed by atoms with Gasteiger partial charge in [0.05, 0.1) is 0 Å². The third-order valence-electron chi connectivity index (χ3n) is 3.28. The minimum absolute atomic E-state index is 0.0798. The van der Waals surface area contributed by atoms with Crippen molar-refractivity contribution in [3.63, 3.8) is 0 Å². The zero-order chi connectivity index (χ0) is 15.6. The van der Waals surface area contributed by atoms with Gasteiger partial charge >= 0.3 is 0 Å². The number of benzene rings is 1. The first-order valence-electron chi connectivity index (χ1n) is 6.74. The van der Waals surface area contributed by atoms with E-state index in [9.17, 15) is 9.59 Å². The molecular formula is C16H19N3O2. The van der Waals surface area contributed by atoms with Crippen LogP contribution in [-0.4, -0.2) is 23.2 Å². The van der Waals surface area contributed by atoms with Crippen molar-refractivity contribution < 1.29 is 4.79 Å². The van der Waals surface area contributed by atoms with E-state index in [0.717, 1.165) is 11.3 Å². The molecule has 0 unspecified atom stereocenters. The molecule has 5 heteroatoms. The molecule has 0 fully saturated rings. The molecule has 0 spiro atoms. The topological polar surface area (TPSA) is 66.1 Å². The highest BCUT2D eigenvalue weighted by Gasteiger charge is 2.23. The van der Waals surface area contributed by atoms with Gasteiger partial charge in [0.1, 0.15) is 5.69 Å². The Morgan fingerprint density at radius 3 is 2.38 bits per heavy atom. The molecule has 0 saturated carbocycles.